The Morgan fingerprint density at radius 2 is 2.03 bits per heavy atom. The standard InChI is InChI=1S/C26H20ClF2N9O/c27-20-5-16(34-24(14-2-1-3-31-8-14)22-11-38(37-36-22)18-12-39-13-18)4-19-23(15(7-30)9-32-25(19)20)35-17-6-21(28)26(29)33-10-17/h1-6,8-11,18,24,34,36-37H,12-13H2,(H,32,35)/t24-/m0/s1. The number of rotatable bonds is 7. The highest BCUT2D eigenvalue weighted by atomic mass is 35.5. The molecule has 0 spiro atoms. The summed E-state index contributed by atoms with van der Waals surface area (Å²) < 4.78 is 32.5. The Morgan fingerprint density at radius 1 is 1.15 bits per heavy atom. The molecule has 6 rings (SSSR count). The van der Waals surface area contributed by atoms with Crippen LogP contribution in [0.2, 0.25) is 5.02 Å². The summed E-state index contributed by atoms with van der Waals surface area (Å²) in [6, 6.07) is 10.2. The molecule has 2 aliphatic heterocycles. The van der Waals surface area contributed by atoms with Crippen molar-refractivity contribution in [2.75, 3.05) is 23.8 Å². The minimum atomic E-state index is -1.22. The number of fused-ring (bicyclic) bond motifs is 1. The molecule has 5 heterocycles. The maximum absolute atomic E-state index is 13.8. The third-order valence-corrected chi connectivity index (χ3v) is 6.66. The molecule has 3 aromatic heterocycles. The van der Waals surface area contributed by atoms with E-state index in [9.17, 15) is 14.0 Å². The van der Waals surface area contributed by atoms with Crippen molar-refractivity contribution in [3.05, 3.63) is 94.9 Å². The Bertz CT molecular complexity index is 1630. The van der Waals surface area contributed by atoms with Gasteiger partial charge in [0.25, 0.3) is 0 Å². The number of aromatic nitrogens is 3. The molecule has 196 valence electrons. The van der Waals surface area contributed by atoms with Crippen molar-refractivity contribution in [3.63, 3.8) is 0 Å². The molecule has 13 heteroatoms. The fraction of sp³-hybridized carbons (Fsp3) is 0.154. The van der Waals surface area contributed by atoms with Gasteiger partial charge in [0, 0.05) is 41.9 Å². The zero-order chi connectivity index (χ0) is 26.9. The maximum atomic E-state index is 13.8. The predicted octanol–water partition coefficient (Wildman–Crippen LogP) is 4.29. The van der Waals surface area contributed by atoms with E-state index in [1.165, 1.54) is 6.20 Å². The number of nitriles is 1. The van der Waals surface area contributed by atoms with Crippen LogP contribution >= 0.6 is 11.6 Å². The molecule has 4 aromatic rings. The third-order valence-electron chi connectivity index (χ3n) is 6.37. The largest absolute Gasteiger partial charge is 0.377 e. The number of benzene rings is 1. The van der Waals surface area contributed by atoms with Crippen molar-refractivity contribution in [2.45, 2.75) is 12.1 Å². The molecule has 0 bridgehead atoms. The Labute approximate surface area is 226 Å². The SMILES string of the molecule is N#Cc1cnc2c(Cl)cc(N[C@H](C3=CN(C4COC4)NN3)c3cccnc3)cc2c1Nc1cnc(F)c(F)c1. The fourth-order valence-corrected chi connectivity index (χ4v) is 4.59. The minimum absolute atomic E-state index is 0.159. The van der Waals surface area contributed by atoms with E-state index in [1.807, 2.05) is 23.3 Å². The Hall–Kier alpha value is -4.57. The summed E-state index contributed by atoms with van der Waals surface area (Å²) in [4.78, 5) is 12.0. The first-order chi connectivity index (χ1) is 19.0. The van der Waals surface area contributed by atoms with Gasteiger partial charge in [-0.25, -0.2) is 9.37 Å². The van der Waals surface area contributed by atoms with Crippen LogP contribution in [0, 0.1) is 23.1 Å². The van der Waals surface area contributed by atoms with Gasteiger partial charge in [0.05, 0.1) is 64.7 Å². The van der Waals surface area contributed by atoms with Gasteiger partial charge in [-0.1, -0.05) is 17.7 Å². The van der Waals surface area contributed by atoms with E-state index in [4.69, 9.17) is 16.3 Å². The van der Waals surface area contributed by atoms with E-state index in [2.05, 4.69) is 42.6 Å². The van der Waals surface area contributed by atoms with Crippen LogP contribution < -0.4 is 21.6 Å². The highest BCUT2D eigenvalue weighted by molar-refractivity contribution is 6.36. The summed E-state index contributed by atoms with van der Waals surface area (Å²) in [5.74, 6) is -2.34. The molecule has 1 fully saturated rings. The van der Waals surface area contributed by atoms with Crippen LogP contribution in [0.25, 0.3) is 10.9 Å². The van der Waals surface area contributed by atoms with E-state index < -0.39 is 11.8 Å². The first-order valence-electron chi connectivity index (χ1n) is 11.9. The monoisotopic (exact) mass is 547 g/mol. The normalized spacial score (nSPS) is 15.7. The summed E-state index contributed by atoms with van der Waals surface area (Å²) in [5, 5.41) is 19.0. The van der Waals surface area contributed by atoms with Gasteiger partial charge in [-0.2, -0.15) is 9.65 Å². The minimum Gasteiger partial charge on any atom is -0.377 e. The molecular formula is C26H20ClF2N9O. The van der Waals surface area contributed by atoms with Crippen LogP contribution in [0.15, 0.2) is 67.0 Å². The van der Waals surface area contributed by atoms with Crippen LogP contribution in [0.1, 0.15) is 17.2 Å². The van der Waals surface area contributed by atoms with E-state index in [1.54, 1.807) is 24.5 Å². The second kappa shape index (κ2) is 10.3. The van der Waals surface area contributed by atoms with E-state index >= 15 is 0 Å². The van der Waals surface area contributed by atoms with E-state index in [0.717, 1.165) is 23.5 Å². The number of hydrazine groups is 2. The van der Waals surface area contributed by atoms with E-state index in [-0.39, 0.29) is 23.3 Å². The molecule has 0 aliphatic carbocycles. The number of halogens is 3. The Morgan fingerprint density at radius 3 is 2.74 bits per heavy atom. The molecule has 0 saturated carbocycles. The average molecular weight is 548 g/mol. The lowest BCUT2D eigenvalue weighted by Gasteiger charge is -2.33. The van der Waals surface area contributed by atoms with Gasteiger partial charge in [-0.05, 0) is 23.8 Å². The average Bonchev–Trinajstić information content (AvgIpc) is 3.38. The van der Waals surface area contributed by atoms with Gasteiger partial charge in [-0.3, -0.25) is 15.0 Å². The van der Waals surface area contributed by atoms with Crippen LogP contribution in [-0.2, 0) is 4.74 Å². The van der Waals surface area contributed by atoms with Gasteiger partial charge in [0.15, 0.2) is 5.82 Å². The highest BCUT2D eigenvalue weighted by Gasteiger charge is 2.30. The molecular weight excluding hydrogens is 528 g/mol. The summed E-state index contributed by atoms with van der Waals surface area (Å²) >= 11 is 6.65. The third kappa shape index (κ3) is 4.86. The number of nitrogens with one attached hydrogen (secondary N) is 4. The molecule has 2 aliphatic rings. The number of pyridine rings is 3. The van der Waals surface area contributed by atoms with Crippen molar-refractivity contribution in [1.82, 2.24) is 30.9 Å². The first-order valence-corrected chi connectivity index (χ1v) is 12.2. The highest BCUT2D eigenvalue weighted by Crippen LogP contribution is 2.37. The van der Waals surface area contributed by atoms with Gasteiger partial charge in [0.1, 0.15) is 6.07 Å². The second-order valence-corrected chi connectivity index (χ2v) is 9.33. The summed E-state index contributed by atoms with van der Waals surface area (Å²) in [6.07, 6.45) is 7.93. The fourth-order valence-electron chi connectivity index (χ4n) is 4.32. The Kier molecular flexibility index (Phi) is 6.54. The first kappa shape index (κ1) is 24.7. The van der Waals surface area contributed by atoms with Crippen molar-refractivity contribution in [3.8, 4) is 6.07 Å². The molecule has 1 aromatic carbocycles. The summed E-state index contributed by atoms with van der Waals surface area (Å²) in [7, 11) is 0. The zero-order valence-corrected chi connectivity index (χ0v) is 20.9. The lowest BCUT2D eigenvalue weighted by molar-refractivity contribution is -0.0635. The lowest BCUT2D eigenvalue weighted by atomic mass is 10.0. The van der Waals surface area contributed by atoms with Crippen molar-refractivity contribution in [1.29, 1.82) is 5.26 Å². The predicted molar refractivity (Wildman–Crippen MR) is 140 cm³/mol. The Balaban J connectivity index is 1.40. The van der Waals surface area contributed by atoms with E-state index in [0.29, 0.717) is 40.5 Å². The van der Waals surface area contributed by atoms with Crippen LogP contribution in [-0.4, -0.2) is 39.2 Å². The number of anilines is 3. The van der Waals surface area contributed by atoms with Gasteiger partial charge < -0.3 is 20.8 Å². The van der Waals surface area contributed by atoms with Gasteiger partial charge in [-0.15, -0.1) is 5.53 Å². The van der Waals surface area contributed by atoms with Gasteiger partial charge in [0.2, 0.25) is 5.95 Å². The zero-order valence-electron chi connectivity index (χ0n) is 20.1. The maximum Gasteiger partial charge on any atom is 0.249 e. The molecule has 0 amide bonds. The quantitative estimate of drug-likeness (QED) is 0.249. The van der Waals surface area contributed by atoms with Crippen molar-refractivity contribution in [2.24, 2.45) is 0 Å². The van der Waals surface area contributed by atoms with Crippen LogP contribution in [0.5, 0.6) is 0 Å². The summed E-state index contributed by atoms with van der Waals surface area (Å²) in [5.41, 5.74) is 9.81. The smallest absolute Gasteiger partial charge is 0.249 e. The summed E-state index contributed by atoms with van der Waals surface area (Å²) in [6.45, 7) is 1.25. The lowest BCUT2D eigenvalue weighted by Crippen LogP contribution is -2.52. The van der Waals surface area contributed by atoms with Crippen molar-refractivity contribution >= 4 is 39.6 Å². The molecule has 10 nitrogen and oxygen atoms in total. The molecule has 1 atom stereocenters. The number of nitrogens with zero attached hydrogens (tertiary/aromatic N) is 5. The number of hydrogen-bond acceptors (Lipinski definition) is 10. The molecule has 4 N–H and O–H groups in total. The van der Waals surface area contributed by atoms with Crippen LogP contribution in [0.3, 0.4) is 0 Å². The molecule has 0 unspecified atom stereocenters. The molecule has 0 radical (unpaired) electrons. The molecule has 1 saturated heterocycles. The molecule has 39 heavy (non-hydrogen) atoms. The van der Waals surface area contributed by atoms with Crippen LogP contribution in [0.4, 0.5) is 25.8 Å². The van der Waals surface area contributed by atoms with Crippen molar-refractivity contribution < 1.29 is 13.5 Å². The number of hydrogen-bond donors (Lipinski definition) is 4. The van der Waals surface area contributed by atoms with Gasteiger partial charge >= 0.3 is 0 Å². The topological polar surface area (TPSA) is 123 Å². The number of ether oxygens (including phenoxy) is 1. The second-order valence-electron chi connectivity index (χ2n) is 8.92.